The van der Waals surface area contributed by atoms with Crippen molar-refractivity contribution in [2.45, 2.75) is 10.7 Å². The van der Waals surface area contributed by atoms with Gasteiger partial charge in [0.15, 0.2) is 4.87 Å². The molecule has 3 amide bonds. The first-order valence-corrected chi connectivity index (χ1v) is 10.5. The van der Waals surface area contributed by atoms with E-state index in [1.54, 1.807) is 54.6 Å². The summed E-state index contributed by atoms with van der Waals surface area (Å²) in [7, 11) is 2.76. The number of hydrogen-bond acceptors (Lipinski definition) is 6. The molecule has 0 saturated carbocycles. The molecule has 172 valence electrons. The Hall–Kier alpha value is -3.24. The van der Waals surface area contributed by atoms with Crippen LogP contribution in [0.25, 0.3) is 5.57 Å². The number of alkyl halides is 1. The molecule has 1 aliphatic carbocycles. The molecule has 0 fully saturated rings. The second kappa shape index (κ2) is 9.72. The van der Waals surface area contributed by atoms with Crippen LogP contribution in [0.3, 0.4) is 0 Å². The number of aliphatic hydroxyl groups is 1. The van der Waals surface area contributed by atoms with Crippen molar-refractivity contribution in [1.82, 2.24) is 5.32 Å². The molecule has 10 heteroatoms. The minimum atomic E-state index is -2.06. The minimum Gasteiger partial charge on any atom is -0.497 e. The number of anilines is 1. The standard InChI is InChI=1S/C23H22ClN3O5S/c1-31-16-7-5-6-14(12-16)19(28)26-18-9-4-3-8-17(18)15-10-11-23(30,32-2)22(24,13-15)20(33)27-21(25)29/h3-13,30H,1-2H3,(H,26,28)(H3,25,27,29,33). The Morgan fingerprint density at radius 1 is 1.15 bits per heavy atom. The number of amides is 3. The molecule has 0 saturated heterocycles. The van der Waals surface area contributed by atoms with Gasteiger partial charge in [-0.2, -0.15) is 0 Å². The van der Waals surface area contributed by atoms with E-state index in [0.29, 0.717) is 28.1 Å². The first-order chi connectivity index (χ1) is 15.6. The summed E-state index contributed by atoms with van der Waals surface area (Å²) in [6.07, 6.45) is 4.32. The maximum absolute atomic E-state index is 12.9. The SMILES string of the molecule is COc1cccc(C(=O)Nc2ccccc2C2=CC(Cl)(C(=S)NC(N)=O)C(O)(OC)C=C2)c1. The topological polar surface area (TPSA) is 123 Å². The lowest BCUT2D eigenvalue weighted by atomic mass is 9.86. The Morgan fingerprint density at radius 2 is 1.88 bits per heavy atom. The highest BCUT2D eigenvalue weighted by atomic mass is 35.5. The van der Waals surface area contributed by atoms with Crippen molar-refractivity contribution < 1.29 is 24.2 Å². The van der Waals surface area contributed by atoms with Crippen LogP contribution in [0.5, 0.6) is 5.75 Å². The molecular formula is C23H22ClN3O5S. The van der Waals surface area contributed by atoms with Crippen molar-refractivity contribution in [2.24, 2.45) is 5.73 Å². The number of halogens is 1. The van der Waals surface area contributed by atoms with Crippen LogP contribution < -0.4 is 21.1 Å². The molecule has 0 bridgehead atoms. The molecule has 1 aliphatic rings. The number of rotatable bonds is 6. The third kappa shape index (κ3) is 4.91. The minimum absolute atomic E-state index is 0.249. The number of primary amides is 1. The lowest BCUT2D eigenvalue weighted by Gasteiger charge is -2.40. The zero-order valence-electron chi connectivity index (χ0n) is 17.8. The third-order valence-electron chi connectivity index (χ3n) is 5.06. The van der Waals surface area contributed by atoms with Gasteiger partial charge in [0, 0.05) is 23.9 Å². The van der Waals surface area contributed by atoms with E-state index in [1.165, 1.54) is 26.4 Å². The van der Waals surface area contributed by atoms with Crippen molar-refractivity contribution in [3.8, 4) is 5.75 Å². The number of ether oxygens (including phenoxy) is 2. The van der Waals surface area contributed by atoms with Crippen LogP contribution >= 0.6 is 23.8 Å². The summed E-state index contributed by atoms with van der Waals surface area (Å²) in [5.41, 5.74) is 7.17. The van der Waals surface area contributed by atoms with Gasteiger partial charge in [-0.15, -0.1) is 11.6 Å². The largest absolute Gasteiger partial charge is 0.497 e. The van der Waals surface area contributed by atoms with Crippen LogP contribution in [-0.4, -0.2) is 46.9 Å². The van der Waals surface area contributed by atoms with Gasteiger partial charge >= 0.3 is 6.03 Å². The first-order valence-electron chi connectivity index (χ1n) is 9.68. The van der Waals surface area contributed by atoms with Crippen molar-refractivity contribution in [3.63, 3.8) is 0 Å². The number of hydrogen-bond donors (Lipinski definition) is 4. The fourth-order valence-electron chi connectivity index (χ4n) is 3.31. The highest BCUT2D eigenvalue weighted by Gasteiger charge is 2.52. The Kier molecular flexibility index (Phi) is 7.19. The van der Waals surface area contributed by atoms with E-state index in [1.807, 2.05) is 0 Å². The van der Waals surface area contributed by atoms with E-state index in [9.17, 15) is 14.7 Å². The van der Waals surface area contributed by atoms with E-state index >= 15 is 0 Å². The number of benzene rings is 2. The summed E-state index contributed by atoms with van der Waals surface area (Å²) in [6, 6.07) is 12.8. The van der Waals surface area contributed by atoms with Crippen molar-refractivity contribution in [3.05, 3.63) is 77.9 Å². The quantitative estimate of drug-likeness (QED) is 0.282. The van der Waals surface area contributed by atoms with Crippen molar-refractivity contribution >= 4 is 52.0 Å². The van der Waals surface area contributed by atoms with Crippen LogP contribution in [0.4, 0.5) is 10.5 Å². The predicted molar refractivity (Wildman–Crippen MR) is 130 cm³/mol. The maximum Gasteiger partial charge on any atom is 0.317 e. The first kappa shape index (κ1) is 24.4. The number of para-hydroxylation sites is 1. The number of carbonyl (C=O) groups excluding carboxylic acids is 2. The number of nitrogens with two attached hydrogens (primary N) is 1. The van der Waals surface area contributed by atoms with Gasteiger partial charge in [-0.25, -0.2) is 4.79 Å². The maximum atomic E-state index is 12.9. The Bertz CT molecular complexity index is 1170. The molecule has 5 N–H and O–H groups in total. The van der Waals surface area contributed by atoms with Gasteiger partial charge in [-0.3, -0.25) is 4.79 Å². The summed E-state index contributed by atoms with van der Waals surface area (Å²) < 4.78 is 10.4. The second-order valence-electron chi connectivity index (χ2n) is 7.10. The number of thiocarbonyl (C=S) groups is 1. The van der Waals surface area contributed by atoms with Crippen molar-refractivity contribution in [2.75, 3.05) is 19.5 Å². The number of urea groups is 1. The predicted octanol–water partition coefficient (Wildman–Crippen LogP) is 3.21. The lowest BCUT2D eigenvalue weighted by Crippen LogP contribution is -2.59. The number of allylic oxidation sites excluding steroid dienone is 2. The molecule has 0 aliphatic heterocycles. The highest BCUT2D eigenvalue weighted by Crippen LogP contribution is 2.42. The molecular weight excluding hydrogens is 466 g/mol. The molecule has 2 unspecified atom stereocenters. The van der Waals surface area contributed by atoms with E-state index < -0.39 is 16.7 Å². The van der Waals surface area contributed by atoms with Gasteiger partial charge in [0.1, 0.15) is 10.7 Å². The summed E-state index contributed by atoms with van der Waals surface area (Å²) in [4.78, 5) is 22.1. The summed E-state index contributed by atoms with van der Waals surface area (Å²) in [6.45, 7) is 0. The van der Waals surface area contributed by atoms with Crippen LogP contribution in [0.1, 0.15) is 15.9 Å². The fraction of sp³-hybridized carbons (Fsp3) is 0.174. The van der Waals surface area contributed by atoms with E-state index in [4.69, 9.17) is 39.0 Å². The fourth-order valence-corrected chi connectivity index (χ4v) is 3.92. The summed E-state index contributed by atoms with van der Waals surface area (Å²) in [5, 5.41) is 16.0. The molecule has 0 spiro atoms. The van der Waals surface area contributed by atoms with E-state index in [2.05, 4.69) is 10.6 Å². The summed E-state index contributed by atoms with van der Waals surface area (Å²) >= 11 is 11.9. The smallest absolute Gasteiger partial charge is 0.317 e. The monoisotopic (exact) mass is 487 g/mol. The van der Waals surface area contributed by atoms with Gasteiger partial charge in [-0.05, 0) is 42.0 Å². The van der Waals surface area contributed by atoms with Crippen LogP contribution in [0, 0.1) is 0 Å². The zero-order valence-corrected chi connectivity index (χ0v) is 19.4. The molecule has 2 aromatic carbocycles. The van der Waals surface area contributed by atoms with Gasteiger partial charge < -0.3 is 30.9 Å². The molecule has 8 nitrogen and oxygen atoms in total. The van der Waals surface area contributed by atoms with E-state index in [-0.39, 0.29) is 10.9 Å². The highest BCUT2D eigenvalue weighted by molar-refractivity contribution is 7.80. The molecule has 3 rings (SSSR count). The van der Waals surface area contributed by atoms with Crippen LogP contribution in [0.15, 0.2) is 66.8 Å². The molecule has 0 aromatic heterocycles. The second-order valence-corrected chi connectivity index (χ2v) is 8.10. The van der Waals surface area contributed by atoms with Gasteiger partial charge in [0.2, 0.25) is 5.79 Å². The van der Waals surface area contributed by atoms with Crippen LogP contribution in [0.2, 0.25) is 0 Å². The normalized spacial score (nSPS) is 21.6. The number of carbonyl (C=O) groups is 2. The van der Waals surface area contributed by atoms with Gasteiger partial charge in [-0.1, -0.05) is 42.6 Å². The third-order valence-corrected chi connectivity index (χ3v) is 6.17. The Labute approximate surface area is 201 Å². The van der Waals surface area contributed by atoms with Gasteiger partial charge in [0.25, 0.3) is 5.91 Å². The molecule has 0 heterocycles. The lowest BCUT2D eigenvalue weighted by molar-refractivity contribution is -0.151. The van der Waals surface area contributed by atoms with Crippen molar-refractivity contribution in [1.29, 1.82) is 0 Å². The zero-order chi connectivity index (χ0) is 24.2. The van der Waals surface area contributed by atoms with E-state index in [0.717, 1.165) is 0 Å². The molecule has 2 atom stereocenters. The Morgan fingerprint density at radius 3 is 2.55 bits per heavy atom. The van der Waals surface area contributed by atoms with Crippen LogP contribution in [-0.2, 0) is 4.74 Å². The van der Waals surface area contributed by atoms with Gasteiger partial charge in [0.05, 0.1) is 7.11 Å². The number of nitrogens with one attached hydrogen (secondary N) is 2. The number of methoxy groups -OCH3 is 2. The average molecular weight is 488 g/mol. The Balaban J connectivity index is 2.00. The molecule has 2 aromatic rings. The average Bonchev–Trinajstić information content (AvgIpc) is 2.80. The molecule has 33 heavy (non-hydrogen) atoms. The molecule has 0 radical (unpaired) electrons. The summed E-state index contributed by atoms with van der Waals surface area (Å²) in [5.74, 6) is -1.86.